The van der Waals surface area contributed by atoms with Crippen LogP contribution in [0.2, 0.25) is 0 Å². The van der Waals surface area contributed by atoms with Crippen LogP contribution in [0.5, 0.6) is 0 Å². The SMILES string of the molecule is CCC(C#N)NC(=O)NCC(F)(F)F. The zero-order valence-electron chi connectivity index (χ0n) is 7.48. The fourth-order valence-corrected chi connectivity index (χ4v) is 0.615. The lowest BCUT2D eigenvalue weighted by Gasteiger charge is -2.11. The predicted octanol–water partition coefficient (Wildman–Crippen LogP) is 1.15. The molecule has 0 saturated carbocycles. The molecule has 0 aromatic carbocycles. The second-order valence-corrected chi connectivity index (χ2v) is 2.53. The first-order chi connectivity index (χ1) is 6.39. The van der Waals surface area contributed by atoms with E-state index in [2.05, 4.69) is 5.32 Å². The molecule has 4 nitrogen and oxygen atoms in total. The van der Waals surface area contributed by atoms with Crippen molar-refractivity contribution < 1.29 is 18.0 Å². The van der Waals surface area contributed by atoms with Crippen LogP contribution in [0, 0.1) is 11.3 Å². The molecule has 0 saturated heterocycles. The minimum absolute atomic E-state index is 0.343. The molecule has 2 N–H and O–H groups in total. The maximum absolute atomic E-state index is 11.6. The Hall–Kier alpha value is -1.45. The quantitative estimate of drug-likeness (QED) is 0.732. The van der Waals surface area contributed by atoms with Crippen molar-refractivity contribution in [2.75, 3.05) is 6.54 Å². The number of carbonyl (C=O) groups is 1. The zero-order chi connectivity index (χ0) is 11.2. The van der Waals surface area contributed by atoms with E-state index in [4.69, 9.17) is 5.26 Å². The van der Waals surface area contributed by atoms with Gasteiger partial charge >= 0.3 is 12.2 Å². The number of rotatable bonds is 3. The topological polar surface area (TPSA) is 64.9 Å². The van der Waals surface area contributed by atoms with Gasteiger partial charge in [-0.15, -0.1) is 0 Å². The van der Waals surface area contributed by atoms with Crippen molar-refractivity contribution in [1.82, 2.24) is 10.6 Å². The molecule has 0 spiro atoms. The molecular weight excluding hydrogens is 199 g/mol. The van der Waals surface area contributed by atoms with E-state index in [1.165, 1.54) is 0 Å². The van der Waals surface area contributed by atoms with Gasteiger partial charge in [0, 0.05) is 0 Å². The normalized spacial score (nSPS) is 12.8. The van der Waals surface area contributed by atoms with Gasteiger partial charge in [0.1, 0.15) is 12.6 Å². The number of carbonyl (C=O) groups excluding carboxylic acids is 1. The van der Waals surface area contributed by atoms with Crippen LogP contribution in [0.3, 0.4) is 0 Å². The van der Waals surface area contributed by atoms with Crippen LogP contribution >= 0.6 is 0 Å². The van der Waals surface area contributed by atoms with E-state index in [-0.39, 0.29) is 0 Å². The number of urea groups is 1. The second-order valence-electron chi connectivity index (χ2n) is 2.53. The summed E-state index contributed by atoms with van der Waals surface area (Å²) in [5.74, 6) is 0. The molecule has 0 rings (SSSR count). The molecule has 0 heterocycles. The first-order valence-corrected chi connectivity index (χ1v) is 3.89. The smallest absolute Gasteiger partial charge is 0.329 e. The Kier molecular flexibility index (Phi) is 4.77. The number of halogens is 3. The van der Waals surface area contributed by atoms with Gasteiger partial charge in [-0.05, 0) is 6.42 Å². The molecule has 0 aromatic heterocycles. The lowest BCUT2D eigenvalue weighted by atomic mass is 10.2. The maximum Gasteiger partial charge on any atom is 0.405 e. The second kappa shape index (κ2) is 5.32. The Morgan fingerprint density at radius 2 is 2.14 bits per heavy atom. The fraction of sp³-hybridized carbons (Fsp3) is 0.714. The number of hydrogen-bond acceptors (Lipinski definition) is 2. The molecule has 7 heteroatoms. The highest BCUT2D eigenvalue weighted by Gasteiger charge is 2.27. The summed E-state index contributed by atoms with van der Waals surface area (Å²) in [4.78, 5) is 10.7. The third-order valence-corrected chi connectivity index (χ3v) is 1.32. The summed E-state index contributed by atoms with van der Waals surface area (Å²) in [5.41, 5.74) is 0. The van der Waals surface area contributed by atoms with E-state index < -0.39 is 24.8 Å². The molecule has 0 radical (unpaired) electrons. The van der Waals surface area contributed by atoms with Crippen molar-refractivity contribution >= 4 is 6.03 Å². The molecular formula is C7H10F3N3O. The summed E-state index contributed by atoms with van der Waals surface area (Å²) in [6.07, 6.45) is -4.10. The van der Waals surface area contributed by atoms with Gasteiger partial charge < -0.3 is 10.6 Å². The third-order valence-electron chi connectivity index (χ3n) is 1.32. The molecule has 1 unspecified atom stereocenters. The Balaban J connectivity index is 3.83. The minimum Gasteiger partial charge on any atom is -0.329 e. The summed E-state index contributed by atoms with van der Waals surface area (Å²) >= 11 is 0. The van der Waals surface area contributed by atoms with Gasteiger partial charge in [0.05, 0.1) is 6.07 Å². The van der Waals surface area contributed by atoms with E-state index in [0.29, 0.717) is 6.42 Å². The van der Waals surface area contributed by atoms with Crippen molar-refractivity contribution in [2.24, 2.45) is 0 Å². The van der Waals surface area contributed by atoms with Gasteiger partial charge in [-0.3, -0.25) is 0 Å². The molecule has 0 fully saturated rings. The highest BCUT2D eigenvalue weighted by molar-refractivity contribution is 5.74. The van der Waals surface area contributed by atoms with Crippen molar-refractivity contribution in [3.05, 3.63) is 0 Å². The number of nitrogens with zero attached hydrogens (tertiary/aromatic N) is 1. The third kappa shape index (κ3) is 6.11. The summed E-state index contributed by atoms with van der Waals surface area (Å²) in [6.45, 7) is 0.235. The van der Waals surface area contributed by atoms with Crippen LogP contribution in [-0.4, -0.2) is 24.8 Å². The van der Waals surface area contributed by atoms with Crippen LogP contribution in [0.4, 0.5) is 18.0 Å². The number of nitrogens with one attached hydrogen (secondary N) is 2. The number of nitriles is 1. The van der Waals surface area contributed by atoms with Crippen molar-refractivity contribution in [1.29, 1.82) is 5.26 Å². The predicted molar refractivity (Wildman–Crippen MR) is 42.3 cm³/mol. The van der Waals surface area contributed by atoms with Gasteiger partial charge in [-0.25, -0.2) is 4.79 Å². The Morgan fingerprint density at radius 1 is 1.57 bits per heavy atom. The fourth-order valence-electron chi connectivity index (χ4n) is 0.615. The van der Waals surface area contributed by atoms with Crippen molar-refractivity contribution in [2.45, 2.75) is 25.6 Å². The molecule has 80 valence electrons. The van der Waals surface area contributed by atoms with E-state index in [1.54, 1.807) is 18.3 Å². The lowest BCUT2D eigenvalue weighted by molar-refractivity contribution is -0.122. The highest BCUT2D eigenvalue weighted by Crippen LogP contribution is 2.11. The monoisotopic (exact) mass is 209 g/mol. The van der Waals surface area contributed by atoms with Crippen LogP contribution < -0.4 is 10.6 Å². The van der Waals surface area contributed by atoms with Crippen LogP contribution in [0.25, 0.3) is 0 Å². The van der Waals surface area contributed by atoms with Gasteiger partial charge in [-0.2, -0.15) is 18.4 Å². The summed E-state index contributed by atoms with van der Waals surface area (Å²) in [5, 5.41) is 12.1. The average Bonchev–Trinajstić information content (AvgIpc) is 2.09. The molecule has 2 amide bonds. The molecule has 0 aliphatic carbocycles. The number of alkyl halides is 3. The summed E-state index contributed by atoms with van der Waals surface area (Å²) in [7, 11) is 0. The average molecular weight is 209 g/mol. The number of hydrogen-bond donors (Lipinski definition) is 2. The van der Waals surface area contributed by atoms with Crippen molar-refractivity contribution in [3.8, 4) is 6.07 Å². The maximum atomic E-state index is 11.6. The zero-order valence-corrected chi connectivity index (χ0v) is 7.48. The molecule has 14 heavy (non-hydrogen) atoms. The van der Waals surface area contributed by atoms with E-state index in [1.807, 2.05) is 0 Å². The van der Waals surface area contributed by atoms with E-state index in [0.717, 1.165) is 0 Å². The molecule has 0 aromatic rings. The molecule has 0 aliphatic rings. The largest absolute Gasteiger partial charge is 0.405 e. The minimum atomic E-state index is -4.44. The van der Waals surface area contributed by atoms with Gasteiger partial charge in [0.15, 0.2) is 0 Å². The first-order valence-electron chi connectivity index (χ1n) is 3.89. The summed E-state index contributed by atoms with van der Waals surface area (Å²) < 4.78 is 34.8. The molecule has 0 bridgehead atoms. The van der Waals surface area contributed by atoms with Crippen molar-refractivity contribution in [3.63, 3.8) is 0 Å². The van der Waals surface area contributed by atoms with E-state index >= 15 is 0 Å². The van der Waals surface area contributed by atoms with E-state index in [9.17, 15) is 18.0 Å². The lowest BCUT2D eigenvalue weighted by Crippen LogP contribution is -2.44. The van der Waals surface area contributed by atoms with Gasteiger partial charge in [0.25, 0.3) is 0 Å². The number of amides is 2. The highest BCUT2D eigenvalue weighted by atomic mass is 19.4. The Bertz CT molecular complexity index is 233. The first kappa shape index (κ1) is 12.6. The Labute approximate surface area is 79.1 Å². The van der Waals surface area contributed by atoms with Crippen LogP contribution in [0.1, 0.15) is 13.3 Å². The van der Waals surface area contributed by atoms with Gasteiger partial charge in [0.2, 0.25) is 0 Å². The molecule has 0 aliphatic heterocycles. The molecule has 1 atom stereocenters. The van der Waals surface area contributed by atoms with Gasteiger partial charge in [-0.1, -0.05) is 6.92 Å². The van der Waals surface area contributed by atoms with Crippen LogP contribution in [0.15, 0.2) is 0 Å². The Morgan fingerprint density at radius 3 is 2.50 bits per heavy atom. The van der Waals surface area contributed by atoms with Crippen LogP contribution in [-0.2, 0) is 0 Å². The summed E-state index contributed by atoms with van der Waals surface area (Å²) in [6, 6.07) is -0.0244. The standard InChI is InChI=1S/C7H10F3N3O/c1-2-5(3-11)13-6(14)12-4-7(8,9)10/h5H,2,4H2,1H3,(H2,12,13,14).